The lowest BCUT2D eigenvalue weighted by molar-refractivity contribution is 0.141. The number of halogens is 1. The average Bonchev–Trinajstić information content (AvgIpc) is 2.56. The van der Waals surface area contributed by atoms with Gasteiger partial charge in [-0.25, -0.2) is 4.39 Å². The van der Waals surface area contributed by atoms with Crippen LogP contribution in [-0.2, 0) is 0 Å². The molecule has 2 aliphatic heterocycles. The molecule has 0 saturated carbocycles. The summed E-state index contributed by atoms with van der Waals surface area (Å²) in [7, 11) is 0. The Morgan fingerprint density at radius 3 is 2.27 bits per heavy atom. The molecular weight excluding hydrogens is 275 g/mol. The molecule has 0 bridgehead atoms. The topological polar surface area (TPSA) is 6.48 Å². The summed E-state index contributed by atoms with van der Waals surface area (Å²) in [6.07, 6.45) is 6.44. The van der Waals surface area contributed by atoms with Gasteiger partial charge in [0.25, 0.3) is 0 Å². The van der Waals surface area contributed by atoms with Gasteiger partial charge in [0, 0.05) is 19.1 Å². The molecule has 2 fully saturated rings. The molecule has 0 aliphatic carbocycles. The van der Waals surface area contributed by atoms with Crippen LogP contribution in [0.15, 0.2) is 18.2 Å². The van der Waals surface area contributed by atoms with Crippen molar-refractivity contribution < 1.29 is 4.39 Å². The summed E-state index contributed by atoms with van der Waals surface area (Å²) in [6, 6.07) is 6.50. The minimum absolute atomic E-state index is 0.0531. The average molecular weight is 304 g/mol. The Bertz CT molecular complexity index is 486. The number of rotatable bonds is 3. The molecule has 2 saturated heterocycles. The molecule has 2 aliphatic rings. The van der Waals surface area contributed by atoms with Gasteiger partial charge < -0.3 is 9.80 Å². The van der Waals surface area contributed by atoms with Crippen LogP contribution in [0, 0.1) is 5.82 Å². The number of piperidine rings is 2. The van der Waals surface area contributed by atoms with E-state index in [-0.39, 0.29) is 5.82 Å². The molecule has 2 heterocycles. The Labute approximate surface area is 134 Å². The van der Waals surface area contributed by atoms with Crippen LogP contribution in [0.1, 0.15) is 57.4 Å². The van der Waals surface area contributed by atoms with Crippen LogP contribution < -0.4 is 4.90 Å². The summed E-state index contributed by atoms with van der Waals surface area (Å²) in [5.41, 5.74) is 1.88. The van der Waals surface area contributed by atoms with E-state index in [0.717, 1.165) is 30.4 Å². The van der Waals surface area contributed by atoms with Crippen LogP contribution >= 0.6 is 0 Å². The zero-order valence-corrected chi connectivity index (χ0v) is 14.0. The van der Waals surface area contributed by atoms with Gasteiger partial charge in [0.1, 0.15) is 5.82 Å². The summed E-state index contributed by atoms with van der Waals surface area (Å²) in [6.45, 7) is 8.72. The second-order valence-corrected chi connectivity index (χ2v) is 7.18. The van der Waals surface area contributed by atoms with Crippen molar-refractivity contribution in [1.82, 2.24) is 4.90 Å². The molecule has 3 rings (SSSR count). The fraction of sp³-hybridized carbons (Fsp3) is 0.684. The maximum absolute atomic E-state index is 14.4. The lowest BCUT2D eigenvalue weighted by Crippen LogP contribution is -2.46. The van der Waals surface area contributed by atoms with Crippen molar-refractivity contribution >= 4 is 5.69 Å². The van der Waals surface area contributed by atoms with Crippen molar-refractivity contribution in [3.63, 3.8) is 0 Å². The largest absolute Gasteiger partial charge is 0.369 e. The molecule has 0 amide bonds. The van der Waals surface area contributed by atoms with Crippen molar-refractivity contribution in [3.8, 4) is 0 Å². The number of hydrogen-bond acceptors (Lipinski definition) is 2. The molecule has 122 valence electrons. The second-order valence-electron chi connectivity index (χ2n) is 7.18. The van der Waals surface area contributed by atoms with Crippen molar-refractivity contribution in [2.45, 2.75) is 57.9 Å². The summed E-state index contributed by atoms with van der Waals surface area (Å²) in [5, 5.41) is 0. The van der Waals surface area contributed by atoms with Gasteiger partial charge in [0.2, 0.25) is 0 Å². The van der Waals surface area contributed by atoms with Gasteiger partial charge in [-0.2, -0.15) is 0 Å². The van der Waals surface area contributed by atoms with Gasteiger partial charge in [-0.1, -0.05) is 26.3 Å². The summed E-state index contributed by atoms with van der Waals surface area (Å²) in [4.78, 5) is 4.90. The third-order valence-electron chi connectivity index (χ3n) is 5.35. The van der Waals surface area contributed by atoms with Crippen LogP contribution in [0.25, 0.3) is 0 Å². The molecule has 3 heteroatoms. The number of hydrogen-bond donors (Lipinski definition) is 0. The van der Waals surface area contributed by atoms with Gasteiger partial charge >= 0.3 is 0 Å². The Morgan fingerprint density at radius 1 is 1.00 bits per heavy atom. The van der Waals surface area contributed by atoms with Gasteiger partial charge in [0.15, 0.2) is 0 Å². The first-order valence-electron chi connectivity index (χ1n) is 8.93. The van der Waals surface area contributed by atoms with Crippen molar-refractivity contribution in [2.24, 2.45) is 0 Å². The molecule has 0 aromatic heterocycles. The van der Waals surface area contributed by atoms with Crippen LogP contribution in [0.3, 0.4) is 0 Å². The summed E-state index contributed by atoms with van der Waals surface area (Å²) in [5.74, 6) is 0.330. The lowest BCUT2D eigenvalue weighted by Gasteiger charge is -2.41. The fourth-order valence-electron chi connectivity index (χ4n) is 3.89. The molecular formula is C19H29FN2. The molecule has 0 radical (unpaired) electrons. The lowest BCUT2D eigenvalue weighted by atomic mass is 9.98. The van der Waals surface area contributed by atoms with Crippen molar-refractivity contribution in [2.75, 3.05) is 31.1 Å². The highest BCUT2D eigenvalue weighted by Crippen LogP contribution is 2.28. The van der Waals surface area contributed by atoms with E-state index in [4.69, 9.17) is 0 Å². The van der Waals surface area contributed by atoms with Gasteiger partial charge in [-0.05, 0) is 62.4 Å². The van der Waals surface area contributed by atoms with E-state index in [1.165, 1.54) is 45.2 Å². The highest BCUT2D eigenvalue weighted by atomic mass is 19.1. The maximum Gasteiger partial charge on any atom is 0.146 e. The first kappa shape index (κ1) is 15.8. The zero-order chi connectivity index (χ0) is 15.5. The molecule has 1 aromatic rings. The standard InChI is InChI=1S/C19H29FN2/c1-15(2)16-6-7-19(18(20)14-16)22-12-8-17(9-13-22)21-10-4-3-5-11-21/h6-7,14-15,17H,3-5,8-13H2,1-2H3. The Hall–Kier alpha value is -1.09. The summed E-state index contributed by atoms with van der Waals surface area (Å²) < 4.78 is 14.4. The van der Waals surface area contributed by atoms with Crippen LogP contribution in [0.5, 0.6) is 0 Å². The van der Waals surface area contributed by atoms with E-state index in [1.54, 1.807) is 6.07 Å². The highest BCUT2D eigenvalue weighted by Gasteiger charge is 2.26. The molecule has 0 atom stereocenters. The number of nitrogens with zero attached hydrogens (tertiary/aromatic N) is 2. The smallest absolute Gasteiger partial charge is 0.146 e. The fourth-order valence-corrected chi connectivity index (χ4v) is 3.89. The van der Waals surface area contributed by atoms with E-state index in [9.17, 15) is 4.39 Å². The SMILES string of the molecule is CC(C)c1ccc(N2CCC(N3CCCCC3)CC2)c(F)c1. The third kappa shape index (κ3) is 3.45. The monoisotopic (exact) mass is 304 g/mol. The van der Waals surface area contributed by atoms with E-state index in [0.29, 0.717) is 5.92 Å². The Balaban J connectivity index is 1.61. The van der Waals surface area contributed by atoms with Crippen molar-refractivity contribution in [1.29, 1.82) is 0 Å². The van der Waals surface area contributed by atoms with Gasteiger partial charge in [-0.3, -0.25) is 0 Å². The molecule has 0 spiro atoms. The second kappa shape index (κ2) is 6.99. The third-order valence-corrected chi connectivity index (χ3v) is 5.35. The minimum atomic E-state index is -0.0531. The minimum Gasteiger partial charge on any atom is -0.369 e. The zero-order valence-electron chi connectivity index (χ0n) is 14.0. The van der Waals surface area contributed by atoms with E-state index in [2.05, 4.69) is 29.7 Å². The first-order valence-corrected chi connectivity index (χ1v) is 8.93. The Kier molecular flexibility index (Phi) is 5.02. The van der Waals surface area contributed by atoms with Crippen LogP contribution in [-0.4, -0.2) is 37.1 Å². The molecule has 0 unspecified atom stereocenters. The first-order chi connectivity index (χ1) is 10.6. The van der Waals surface area contributed by atoms with Gasteiger partial charge in [0.05, 0.1) is 5.69 Å². The van der Waals surface area contributed by atoms with E-state index >= 15 is 0 Å². The number of benzene rings is 1. The van der Waals surface area contributed by atoms with Crippen LogP contribution in [0.2, 0.25) is 0 Å². The highest BCUT2D eigenvalue weighted by molar-refractivity contribution is 5.50. The predicted molar refractivity (Wildman–Crippen MR) is 91.1 cm³/mol. The Morgan fingerprint density at radius 2 is 1.68 bits per heavy atom. The molecule has 22 heavy (non-hydrogen) atoms. The van der Waals surface area contributed by atoms with E-state index < -0.39 is 0 Å². The summed E-state index contributed by atoms with van der Waals surface area (Å²) >= 11 is 0. The molecule has 2 nitrogen and oxygen atoms in total. The molecule has 0 N–H and O–H groups in total. The van der Waals surface area contributed by atoms with Crippen LogP contribution in [0.4, 0.5) is 10.1 Å². The number of anilines is 1. The normalized spacial score (nSPS) is 21.5. The van der Waals surface area contributed by atoms with Gasteiger partial charge in [-0.15, -0.1) is 0 Å². The number of likely N-dealkylation sites (tertiary alicyclic amines) is 1. The quantitative estimate of drug-likeness (QED) is 0.816. The van der Waals surface area contributed by atoms with E-state index in [1.807, 2.05) is 6.07 Å². The molecule has 1 aromatic carbocycles. The predicted octanol–water partition coefficient (Wildman–Crippen LogP) is 4.40. The maximum atomic E-state index is 14.4. The van der Waals surface area contributed by atoms with Crippen molar-refractivity contribution in [3.05, 3.63) is 29.6 Å².